The molecule has 16 heteroatoms. The molecule has 0 saturated heterocycles. The van der Waals surface area contributed by atoms with Gasteiger partial charge in [-0.15, -0.1) is 0 Å². The average molecular weight is 847 g/mol. The number of anilines is 8. The summed E-state index contributed by atoms with van der Waals surface area (Å²) in [6, 6.07) is 30.8. The maximum Gasteiger partial charge on any atom is 0.166 e. The molecule has 0 fully saturated rings. The number of aromatic nitrogens is 2. The minimum Gasteiger partial charge on any atom is -0.398 e. The number of benzene rings is 8. The highest BCUT2D eigenvalue weighted by molar-refractivity contribution is 6.35. The Morgan fingerprint density at radius 2 is 0.554 bits per heavy atom. The minimum absolute atomic E-state index is 0.0107. The van der Waals surface area contributed by atoms with Gasteiger partial charge < -0.3 is 45.9 Å². The van der Waals surface area contributed by atoms with E-state index in [0.717, 1.165) is 43.1 Å². The van der Waals surface area contributed by atoms with Crippen LogP contribution in [0.2, 0.25) is 0 Å². The van der Waals surface area contributed by atoms with Crippen molar-refractivity contribution in [2.24, 2.45) is 30.0 Å². The number of amidine groups is 4. The van der Waals surface area contributed by atoms with Crippen LogP contribution in [0.5, 0.6) is 0 Å². The van der Waals surface area contributed by atoms with Crippen molar-refractivity contribution in [3.8, 4) is 0 Å². The normalized spacial score (nSPS) is 17.2. The van der Waals surface area contributed by atoms with Crippen molar-refractivity contribution in [3.05, 3.63) is 130 Å². The quantitative estimate of drug-likeness (QED) is 0.0630. The molecule has 0 amide bonds. The van der Waals surface area contributed by atoms with Crippen LogP contribution in [0.3, 0.4) is 0 Å². The summed E-state index contributed by atoms with van der Waals surface area (Å²) < 4.78 is 3.86. The number of nitrogens with zero attached hydrogens (tertiary/aromatic N) is 8. The summed E-state index contributed by atoms with van der Waals surface area (Å²) in [6.45, 7) is 0.0107. The second kappa shape index (κ2) is 11.7. The molecule has 310 valence electrons. The van der Waals surface area contributed by atoms with Gasteiger partial charge in [-0.3, -0.25) is 9.13 Å². The van der Waals surface area contributed by atoms with Gasteiger partial charge in [0, 0.05) is 43.1 Å². The van der Waals surface area contributed by atoms with Crippen molar-refractivity contribution in [2.75, 3.05) is 45.9 Å². The van der Waals surface area contributed by atoms with Gasteiger partial charge in [-0.05, 0) is 0 Å². The van der Waals surface area contributed by atoms with E-state index < -0.39 is 0 Å². The molecule has 16 N–H and O–H groups in total. The van der Waals surface area contributed by atoms with Crippen molar-refractivity contribution in [1.29, 1.82) is 0 Å². The van der Waals surface area contributed by atoms with Gasteiger partial charge in [0.25, 0.3) is 0 Å². The van der Waals surface area contributed by atoms with Crippen molar-refractivity contribution >= 4 is 145 Å². The van der Waals surface area contributed by atoms with Crippen molar-refractivity contribution < 1.29 is 0 Å². The number of nitrogen functional groups attached to an aromatic ring is 8. The molecule has 0 atom stereocenters. The molecule has 4 aliphatic heterocycles. The highest BCUT2D eigenvalue weighted by atomic mass is 15.3. The zero-order chi connectivity index (χ0) is 43.9. The zero-order valence-electron chi connectivity index (χ0n) is 34.1. The summed E-state index contributed by atoms with van der Waals surface area (Å²) in [5, 5.41) is 8.06. The summed E-state index contributed by atoms with van der Waals surface area (Å²) in [4.78, 5) is 32.1. The Morgan fingerprint density at radius 1 is 0.292 bits per heavy atom. The van der Waals surface area contributed by atoms with Crippen molar-refractivity contribution in [3.63, 3.8) is 0 Å². The predicted octanol–water partition coefficient (Wildman–Crippen LogP) is 6.32. The third kappa shape index (κ3) is 4.15. The van der Waals surface area contributed by atoms with E-state index in [1.54, 1.807) is 0 Å². The Kier molecular flexibility index (Phi) is 6.34. The van der Waals surface area contributed by atoms with Crippen LogP contribution in [0.1, 0.15) is 22.3 Å². The lowest BCUT2D eigenvalue weighted by Gasteiger charge is -2.13. The monoisotopic (exact) mass is 846 g/mol. The number of hydrogen-bond acceptors (Lipinski definition) is 14. The van der Waals surface area contributed by atoms with E-state index in [1.807, 2.05) is 106 Å². The van der Waals surface area contributed by atoms with Gasteiger partial charge >= 0.3 is 0 Å². The van der Waals surface area contributed by atoms with E-state index in [0.29, 0.717) is 112 Å². The minimum atomic E-state index is 0.0107. The Labute approximate surface area is 365 Å². The van der Waals surface area contributed by atoms with E-state index in [9.17, 15) is 0 Å². The molecule has 6 heterocycles. The van der Waals surface area contributed by atoms with Crippen LogP contribution in [-0.4, -0.2) is 32.5 Å². The highest BCUT2D eigenvalue weighted by Gasteiger charge is 2.36. The van der Waals surface area contributed by atoms with Gasteiger partial charge in [0.15, 0.2) is 23.3 Å². The van der Waals surface area contributed by atoms with Crippen LogP contribution in [-0.2, 0) is 6.67 Å². The summed E-state index contributed by atoms with van der Waals surface area (Å²) >= 11 is 0. The summed E-state index contributed by atoms with van der Waals surface area (Å²) in [7, 11) is 0. The average Bonchev–Trinajstić information content (AvgIpc) is 4.05. The van der Waals surface area contributed by atoms with Crippen LogP contribution in [0, 0.1) is 0 Å². The van der Waals surface area contributed by atoms with Crippen LogP contribution >= 0.6 is 0 Å². The molecule has 0 saturated carbocycles. The first kappa shape index (κ1) is 35.2. The zero-order valence-corrected chi connectivity index (χ0v) is 34.1. The van der Waals surface area contributed by atoms with E-state index in [2.05, 4.69) is 0 Å². The first-order valence-corrected chi connectivity index (χ1v) is 20.8. The topological polar surface area (TPSA) is 292 Å². The van der Waals surface area contributed by atoms with Gasteiger partial charge in [-0.2, -0.15) is 0 Å². The van der Waals surface area contributed by atoms with Gasteiger partial charge in [-0.1, -0.05) is 97.1 Å². The third-order valence-electron chi connectivity index (χ3n) is 13.5. The van der Waals surface area contributed by atoms with E-state index >= 15 is 0 Å². The van der Waals surface area contributed by atoms with Crippen LogP contribution in [0.25, 0.3) is 64.6 Å². The lowest BCUT2D eigenvalue weighted by molar-refractivity contribution is 0.584. The Bertz CT molecular complexity index is 4030. The SMILES string of the molecule is Nc1c2c(c(N)c3ccccc13)/C1=N/c3c4c(N)c5ccccc5c(N)c4c4n3Cn3/c(c5c(N)c6ccccc6c(N)c5/c3=N/C3=NC(=N\4)/c4c3c(N)c3ccccc3c4N)=N\C2=N1. The predicted molar refractivity (Wildman–Crippen MR) is 265 cm³/mol. The van der Waals surface area contributed by atoms with E-state index in [4.69, 9.17) is 75.8 Å². The third-order valence-corrected chi connectivity index (χ3v) is 13.5. The lowest BCUT2D eigenvalue weighted by Crippen LogP contribution is -2.32. The van der Waals surface area contributed by atoms with E-state index in [1.165, 1.54) is 0 Å². The molecule has 0 spiro atoms. The molecule has 4 aliphatic rings. The maximum atomic E-state index is 7.31. The number of nitrogens with two attached hydrogens (primary N) is 8. The molecular formula is C49H34N16. The second-order valence-corrected chi connectivity index (χ2v) is 16.7. The molecule has 8 aromatic carbocycles. The number of aliphatic imine (C=N–C) groups is 4. The molecular weight excluding hydrogens is 813 g/mol. The van der Waals surface area contributed by atoms with Crippen LogP contribution in [0.15, 0.2) is 127 Å². The summed E-state index contributed by atoms with van der Waals surface area (Å²) in [6.07, 6.45) is 0. The maximum absolute atomic E-state index is 7.31. The molecule has 2 aromatic heterocycles. The fourth-order valence-electron chi connectivity index (χ4n) is 10.6. The van der Waals surface area contributed by atoms with E-state index in [-0.39, 0.29) is 30.0 Å². The number of rotatable bonds is 0. The molecule has 14 rings (SSSR count). The second-order valence-electron chi connectivity index (χ2n) is 16.7. The first-order valence-electron chi connectivity index (χ1n) is 20.8. The molecule has 65 heavy (non-hydrogen) atoms. The van der Waals surface area contributed by atoms with Crippen molar-refractivity contribution in [1.82, 2.24) is 9.13 Å². The standard InChI is InChI=1S/C49H34N16/c50-34-18-9-1-2-10-19(18)35(51)27-26(34)42-58-43(27)61-47-32-33(41(57)25-16-8-7-15-24(25)40(32)56)49-63-45-29-28(36(52)20-11-3-4-12-21(20)37(29)53)44(59-45)62-48-31-30(46(60-42)64(48)17-65(47)49)38(54)22-13-5-6-14-23(22)39(31)55/h1-16H,17,50-57H2/b60-42-,60-46?,61-43?,61-47-,62-44-,62-48?,63-45?,63-49-. The number of hydrogen-bond donors (Lipinski definition) is 8. The Balaban J connectivity index is 1.28. The van der Waals surface area contributed by atoms with Gasteiger partial charge in [-0.25, -0.2) is 30.0 Å². The summed E-state index contributed by atoms with van der Waals surface area (Å²) in [5.74, 6) is 1.87. The molecule has 0 aliphatic carbocycles. The van der Waals surface area contributed by atoms with Crippen molar-refractivity contribution in [2.45, 2.75) is 6.67 Å². The Morgan fingerprint density at radius 3 is 0.862 bits per heavy atom. The number of fused-ring (bicyclic) bond motifs is 18. The molecule has 16 nitrogen and oxygen atoms in total. The molecule has 0 unspecified atom stereocenters. The van der Waals surface area contributed by atoms with Gasteiger partial charge in [0.1, 0.15) is 29.3 Å². The Hall–Kier alpha value is -9.44. The molecule has 10 aromatic rings. The van der Waals surface area contributed by atoms with Gasteiger partial charge in [0.2, 0.25) is 0 Å². The van der Waals surface area contributed by atoms with Crippen LogP contribution in [0.4, 0.5) is 57.1 Å². The van der Waals surface area contributed by atoms with Gasteiger partial charge in [0.05, 0.1) is 89.3 Å². The smallest absolute Gasteiger partial charge is 0.166 e. The molecule has 0 radical (unpaired) electrons. The summed E-state index contributed by atoms with van der Waals surface area (Å²) in [5.41, 5.74) is 64.2. The highest BCUT2D eigenvalue weighted by Crippen LogP contribution is 2.51. The van der Waals surface area contributed by atoms with Crippen LogP contribution < -0.4 is 56.8 Å². The first-order chi connectivity index (χ1) is 31.6. The lowest BCUT2D eigenvalue weighted by atomic mass is 9.96. The fraction of sp³-hybridized carbons (Fsp3) is 0.0204. The fourth-order valence-corrected chi connectivity index (χ4v) is 10.6. The molecule has 6 bridgehead atoms. The largest absolute Gasteiger partial charge is 0.398 e.